The molecule has 1 amide bonds. The maximum atomic E-state index is 11.8. The molecule has 0 radical (unpaired) electrons. The molecular weight excluding hydrogens is 222 g/mol. The normalized spacial score (nSPS) is 20.6. The Labute approximate surface area is 99.8 Å². The minimum absolute atomic E-state index is 0.238. The van der Waals surface area contributed by atoms with Crippen LogP contribution in [0, 0.1) is 0 Å². The van der Waals surface area contributed by atoms with Gasteiger partial charge in [0.1, 0.15) is 5.75 Å². The van der Waals surface area contributed by atoms with Gasteiger partial charge in [-0.1, -0.05) is 25.1 Å². The Morgan fingerprint density at radius 1 is 1.44 bits per heavy atom. The summed E-state index contributed by atoms with van der Waals surface area (Å²) in [5, 5.41) is 0.497. The van der Waals surface area contributed by atoms with Gasteiger partial charge in [-0.3, -0.25) is 0 Å². The van der Waals surface area contributed by atoms with Gasteiger partial charge >= 0.3 is 6.09 Å². The number of rotatable bonds is 1. The van der Waals surface area contributed by atoms with E-state index in [4.69, 9.17) is 4.74 Å². The lowest BCUT2D eigenvalue weighted by molar-refractivity contribution is 0.154. The number of amides is 1. The number of benzene rings is 1. The van der Waals surface area contributed by atoms with Crippen LogP contribution in [0.25, 0.3) is 0 Å². The molecule has 1 atom stereocenters. The first-order valence-electron chi connectivity index (χ1n) is 5.39. The van der Waals surface area contributed by atoms with Gasteiger partial charge in [-0.15, -0.1) is 0 Å². The molecule has 86 valence electrons. The third kappa shape index (κ3) is 2.92. The van der Waals surface area contributed by atoms with E-state index in [-0.39, 0.29) is 6.09 Å². The van der Waals surface area contributed by atoms with Gasteiger partial charge in [0.05, 0.1) is 0 Å². The lowest BCUT2D eigenvalue weighted by Gasteiger charge is -2.29. The zero-order valence-corrected chi connectivity index (χ0v) is 10.1. The van der Waals surface area contributed by atoms with E-state index in [2.05, 4.69) is 6.92 Å². The Bertz CT molecular complexity index is 355. The van der Waals surface area contributed by atoms with E-state index in [0.717, 1.165) is 18.8 Å². The van der Waals surface area contributed by atoms with Crippen LogP contribution in [0.2, 0.25) is 0 Å². The van der Waals surface area contributed by atoms with E-state index < -0.39 is 0 Å². The Balaban J connectivity index is 1.93. The molecule has 3 nitrogen and oxygen atoms in total. The number of hydrogen-bond acceptors (Lipinski definition) is 3. The van der Waals surface area contributed by atoms with Crippen LogP contribution >= 0.6 is 11.8 Å². The predicted octanol–water partition coefficient (Wildman–Crippen LogP) is 2.62. The summed E-state index contributed by atoms with van der Waals surface area (Å²) in [7, 11) is 0. The second-order valence-corrected chi connectivity index (χ2v) is 5.35. The highest BCUT2D eigenvalue weighted by Crippen LogP contribution is 2.19. The van der Waals surface area contributed by atoms with Gasteiger partial charge < -0.3 is 9.64 Å². The quantitative estimate of drug-likeness (QED) is 0.752. The van der Waals surface area contributed by atoms with Crippen LogP contribution in [-0.4, -0.2) is 35.1 Å². The molecule has 0 spiro atoms. The van der Waals surface area contributed by atoms with E-state index in [1.54, 1.807) is 17.0 Å². The predicted molar refractivity (Wildman–Crippen MR) is 66.0 cm³/mol. The van der Waals surface area contributed by atoms with Crippen molar-refractivity contribution in [3.05, 3.63) is 30.3 Å². The molecule has 4 heteroatoms. The monoisotopic (exact) mass is 237 g/mol. The van der Waals surface area contributed by atoms with Gasteiger partial charge in [0.25, 0.3) is 0 Å². The van der Waals surface area contributed by atoms with Crippen LogP contribution in [0.15, 0.2) is 30.3 Å². The van der Waals surface area contributed by atoms with Crippen molar-refractivity contribution in [1.82, 2.24) is 4.90 Å². The zero-order chi connectivity index (χ0) is 11.4. The third-order valence-electron chi connectivity index (χ3n) is 2.45. The Morgan fingerprint density at radius 3 is 2.88 bits per heavy atom. The van der Waals surface area contributed by atoms with Crippen molar-refractivity contribution in [3.63, 3.8) is 0 Å². The number of nitrogens with zero attached hydrogens (tertiary/aromatic N) is 1. The molecule has 0 bridgehead atoms. The van der Waals surface area contributed by atoms with Crippen molar-refractivity contribution in [1.29, 1.82) is 0 Å². The van der Waals surface area contributed by atoms with Gasteiger partial charge in [0, 0.05) is 24.1 Å². The molecule has 2 rings (SSSR count). The minimum atomic E-state index is -0.238. The fourth-order valence-corrected chi connectivity index (χ4v) is 2.65. The van der Waals surface area contributed by atoms with Gasteiger partial charge in [-0.05, 0) is 12.1 Å². The SMILES string of the molecule is CC1CN(C(=O)Oc2ccccc2)CCS1. The van der Waals surface area contributed by atoms with Crippen LogP contribution in [-0.2, 0) is 0 Å². The van der Waals surface area contributed by atoms with E-state index in [9.17, 15) is 4.79 Å². The number of thioether (sulfide) groups is 1. The molecule has 0 aromatic heterocycles. The maximum absolute atomic E-state index is 11.8. The van der Waals surface area contributed by atoms with E-state index in [0.29, 0.717) is 11.0 Å². The van der Waals surface area contributed by atoms with E-state index in [1.165, 1.54) is 0 Å². The molecule has 0 saturated carbocycles. The van der Waals surface area contributed by atoms with Gasteiger partial charge in [-0.2, -0.15) is 11.8 Å². The summed E-state index contributed by atoms with van der Waals surface area (Å²) in [6.07, 6.45) is -0.238. The molecule has 1 aromatic carbocycles. The highest BCUT2D eigenvalue weighted by molar-refractivity contribution is 7.99. The van der Waals surface area contributed by atoms with Gasteiger partial charge in [0.2, 0.25) is 0 Å². The summed E-state index contributed by atoms with van der Waals surface area (Å²) in [5.74, 6) is 1.60. The number of para-hydroxylation sites is 1. The molecule has 1 fully saturated rings. The third-order valence-corrected chi connectivity index (χ3v) is 3.58. The fourth-order valence-electron chi connectivity index (χ4n) is 1.64. The maximum Gasteiger partial charge on any atom is 0.415 e. The zero-order valence-electron chi connectivity index (χ0n) is 9.26. The molecule has 1 saturated heterocycles. The summed E-state index contributed by atoms with van der Waals surface area (Å²) in [6, 6.07) is 9.20. The molecule has 1 aromatic rings. The molecule has 1 heterocycles. The Morgan fingerprint density at radius 2 is 2.19 bits per heavy atom. The second-order valence-electron chi connectivity index (χ2n) is 3.81. The van der Waals surface area contributed by atoms with Crippen molar-refractivity contribution in [2.24, 2.45) is 0 Å². The minimum Gasteiger partial charge on any atom is -0.410 e. The number of ether oxygens (including phenoxy) is 1. The average Bonchev–Trinajstić information content (AvgIpc) is 2.30. The first kappa shape index (κ1) is 11.3. The van der Waals surface area contributed by atoms with Gasteiger partial charge in [-0.25, -0.2) is 4.79 Å². The number of carbonyl (C=O) groups is 1. The lowest BCUT2D eigenvalue weighted by atomic mass is 10.3. The molecular formula is C12H15NO2S. The topological polar surface area (TPSA) is 29.5 Å². The first-order valence-corrected chi connectivity index (χ1v) is 6.44. The van der Waals surface area contributed by atoms with Crippen molar-refractivity contribution >= 4 is 17.9 Å². The molecule has 1 aliphatic rings. The largest absolute Gasteiger partial charge is 0.415 e. The van der Waals surface area contributed by atoms with Gasteiger partial charge in [0.15, 0.2) is 0 Å². The highest BCUT2D eigenvalue weighted by Gasteiger charge is 2.22. The number of hydrogen-bond donors (Lipinski definition) is 0. The van der Waals surface area contributed by atoms with Crippen molar-refractivity contribution in [3.8, 4) is 5.75 Å². The summed E-state index contributed by atoms with van der Waals surface area (Å²) >= 11 is 1.90. The Hall–Kier alpha value is -1.16. The van der Waals surface area contributed by atoms with Crippen LogP contribution < -0.4 is 4.74 Å². The summed E-state index contributed by atoms with van der Waals surface area (Å²) in [6.45, 7) is 3.68. The molecule has 0 aliphatic carbocycles. The smallest absolute Gasteiger partial charge is 0.410 e. The highest BCUT2D eigenvalue weighted by atomic mass is 32.2. The van der Waals surface area contributed by atoms with Crippen LogP contribution in [0.1, 0.15) is 6.92 Å². The fraction of sp³-hybridized carbons (Fsp3) is 0.417. The van der Waals surface area contributed by atoms with Crippen molar-refractivity contribution in [2.45, 2.75) is 12.2 Å². The molecule has 0 N–H and O–H groups in total. The van der Waals surface area contributed by atoms with Crippen LogP contribution in [0.4, 0.5) is 4.79 Å². The Kier molecular flexibility index (Phi) is 3.72. The summed E-state index contributed by atoms with van der Waals surface area (Å²) in [5.41, 5.74) is 0. The lowest BCUT2D eigenvalue weighted by Crippen LogP contribution is -2.42. The van der Waals surface area contributed by atoms with E-state index >= 15 is 0 Å². The van der Waals surface area contributed by atoms with Crippen LogP contribution in [0.3, 0.4) is 0 Å². The molecule has 1 unspecified atom stereocenters. The second kappa shape index (κ2) is 5.25. The van der Waals surface area contributed by atoms with Crippen molar-refractivity contribution in [2.75, 3.05) is 18.8 Å². The van der Waals surface area contributed by atoms with Crippen LogP contribution in [0.5, 0.6) is 5.75 Å². The van der Waals surface area contributed by atoms with E-state index in [1.807, 2.05) is 30.0 Å². The molecule has 16 heavy (non-hydrogen) atoms. The van der Waals surface area contributed by atoms with Crippen molar-refractivity contribution < 1.29 is 9.53 Å². The summed E-state index contributed by atoms with van der Waals surface area (Å²) in [4.78, 5) is 13.6. The average molecular weight is 237 g/mol. The summed E-state index contributed by atoms with van der Waals surface area (Å²) < 4.78 is 5.28. The first-order chi connectivity index (χ1) is 7.75. The number of carbonyl (C=O) groups excluding carboxylic acids is 1. The molecule has 1 aliphatic heterocycles. The standard InChI is InChI=1S/C12H15NO2S/c1-10-9-13(7-8-16-10)12(14)15-11-5-3-2-4-6-11/h2-6,10H,7-9H2,1H3.